The van der Waals surface area contributed by atoms with Crippen LogP contribution in [0.4, 0.5) is 8.78 Å². The van der Waals surface area contributed by atoms with Crippen molar-refractivity contribution < 1.29 is 8.78 Å². The monoisotopic (exact) mass is 297 g/mol. The summed E-state index contributed by atoms with van der Waals surface area (Å²) < 4.78 is 26.4. The van der Waals surface area contributed by atoms with Gasteiger partial charge in [-0.25, -0.2) is 8.78 Å². The Bertz CT molecular complexity index is 721. The van der Waals surface area contributed by atoms with Crippen molar-refractivity contribution in [1.29, 1.82) is 0 Å². The first-order valence-electron chi connectivity index (χ1n) is 5.47. The second kappa shape index (κ2) is 4.51. The third-order valence-electron chi connectivity index (χ3n) is 2.84. The van der Waals surface area contributed by atoms with E-state index < -0.39 is 11.6 Å². The Balaban J connectivity index is 2.20. The van der Waals surface area contributed by atoms with Crippen LogP contribution in [0.15, 0.2) is 36.4 Å². The van der Waals surface area contributed by atoms with Gasteiger partial charge in [-0.2, -0.15) is 0 Å². The summed E-state index contributed by atoms with van der Waals surface area (Å²) in [6.45, 7) is 0. The quantitative estimate of drug-likeness (QED) is 0.617. The summed E-state index contributed by atoms with van der Waals surface area (Å²) in [7, 11) is 0. The van der Waals surface area contributed by atoms with Crippen molar-refractivity contribution in [2.75, 3.05) is 0 Å². The van der Waals surface area contributed by atoms with E-state index in [1.54, 1.807) is 18.2 Å². The maximum atomic E-state index is 13.2. The lowest BCUT2D eigenvalue weighted by Gasteiger charge is -1.98. The molecule has 19 heavy (non-hydrogen) atoms. The van der Waals surface area contributed by atoms with E-state index in [0.29, 0.717) is 21.3 Å². The molecule has 0 aliphatic heterocycles. The zero-order valence-electron chi connectivity index (χ0n) is 9.48. The number of hydrogen-bond acceptors (Lipinski definition) is 0. The lowest BCUT2D eigenvalue weighted by molar-refractivity contribution is 0.584. The Morgan fingerprint density at radius 1 is 0.789 bits per heavy atom. The van der Waals surface area contributed by atoms with Gasteiger partial charge in [0.1, 0.15) is 11.6 Å². The lowest BCUT2D eigenvalue weighted by Crippen LogP contribution is -1.83. The highest BCUT2D eigenvalue weighted by Gasteiger charge is 2.08. The number of halogens is 4. The van der Waals surface area contributed by atoms with Gasteiger partial charge in [-0.1, -0.05) is 23.2 Å². The van der Waals surface area contributed by atoms with Gasteiger partial charge in [-0.3, -0.25) is 0 Å². The highest BCUT2D eigenvalue weighted by molar-refractivity contribution is 6.42. The zero-order chi connectivity index (χ0) is 13.6. The Morgan fingerprint density at radius 2 is 1.42 bits per heavy atom. The summed E-state index contributed by atoms with van der Waals surface area (Å²) in [5.41, 5.74) is 1.79. The van der Waals surface area contributed by atoms with E-state index in [1.807, 2.05) is 0 Å². The van der Waals surface area contributed by atoms with Crippen LogP contribution in [0.1, 0.15) is 0 Å². The van der Waals surface area contributed by atoms with Gasteiger partial charge in [0, 0.05) is 28.2 Å². The molecule has 0 saturated carbocycles. The number of aromatic amines is 1. The van der Waals surface area contributed by atoms with E-state index >= 15 is 0 Å². The van der Waals surface area contributed by atoms with Crippen molar-refractivity contribution in [3.63, 3.8) is 0 Å². The Labute approximate surface area is 117 Å². The molecule has 96 valence electrons. The summed E-state index contributed by atoms with van der Waals surface area (Å²) >= 11 is 11.8. The number of rotatable bonds is 1. The van der Waals surface area contributed by atoms with Crippen LogP contribution >= 0.6 is 23.2 Å². The van der Waals surface area contributed by atoms with E-state index in [1.165, 1.54) is 12.1 Å². The van der Waals surface area contributed by atoms with Crippen molar-refractivity contribution >= 4 is 34.1 Å². The molecule has 0 atom stereocenters. The largest absolute Gasteiger partial charge is 0.354 e. The second-order valence-corrected chi connectivity index (χ2v) is 5.01. The molecule has 0 fully saturated rings. The highest BCUT2D eigenvalue weighted by atomic mass is 35.5. The van der Waals surface area contributed by atoms with Gasteiger partial charge in [0.2, 0.25) is 0 Å². The molecule has 0 saturated heterocycles. The molecule has 0 radical (unpaired) electrons. The third kappa shape index (κ3) is 2.31. The summed E-state index contributed by atoms with van der Waals surface area (Å²) in [5, 5.41) is 1.69. The van der Waals surface area contributed by atoms with Crippen LogP contribution in [0.5, 0.6) is 0 Å². The molecule has 3 aromatic rings. The SMILES string of the molecule is Fc1cc(F)cc(-c2cc3cc(Cl)c(Cl)cc3[nH]2)c1. The third-order valence-corrected chi connectivity index (χ3v) is 3.56. The molecule has 2 aromatic carbocycles. The summed E-state index contributed by atoms with van der Waals surface area (Å²) in [6.07, 6.45) is 0. The van der Waals surface area contributed by atoms with E-state index in [2.05, 4.69) is 4.98 Å². The van der Waals surface area contributed by atoms with E-state index in [4.69, 9.17) is 23.2 Å². The summed E-state index contributed by atoms with van der Waals surface area (Å²) in [6, 6.07) is 8.51. The number of hydrogen-bond donors (Lipinski definition) is 1. The lowest BCUT2D eigenvalue weighted by atomic mass is 10.1. The summed E-state index contributed by atoms with van der Waals surface area (Å²) in [5.74, 6) is -1.24. The molecule has 5 heteroatoms. The maximum Gasteiger partial charge on any atom is 0.126 e. The normalized spacial score (nSPS) is 11.2. The van der Waals surface area contributed by atoms with E-state index in [-0.39, 0.29) is 0 Å². The second-order valence-electron chi connectivity index (χ2n) is 4.19. The van der Waals surface area contributed by atoms with Gasteiger partial charge in [-0.05, 0) is 30.3 Å². The van der Waals surface area contributed by atoms with Crippen LogP contribution in [0.25, 0.3) is 22.2 Å². The van der Waals surface area contributed by atoms with Crippen molar-refractivity contribution in [2.45, 2.75) is 0 Å². The number of benzene rings is 2. The number of nitrogens with one attached hydrogen (secondary N) is 1. The Hall–Kier alpha value is -1.58. The van der Waals surface area contributed by atoms with Crippen LogP contribution in [0, 0.1) is 11.6 Å². The van der Waals surface area contributed by atoms with Gasteiger partial charge in [0.05, 0.1) is 10.0 Å². The van der Waals surface area contributed by atoms with Crippen LogP contribution in [0.2, 0.25) is 10.0 Å². The van der Waals surface area contributed by atoms with Crippen molar-refractivity contribution in [2.24, 2.45) is 0 Å². The van der Waals surface area contributed by atoms with Gasteiger partial charge in [0.25, 0.3) is 0 Å². The van der Waals surface area contributed by atoms with Crippen LogP contribution in [-0.4, -0.2) is 4.98 Å². The fraction of sp³-hybridized carbons (Fsp3) is 0. The number of aromatic nitrogens is 1. The number of H-pyrrole nitrogens is 1. The first-order valence-corrected chi connectivity index (χ1v) is 6.23. The predicted octanol–water partition coefficient (Wildman–Crippen LogP) is 5.42. The Morgan fingerprint density at radius 3 is 2.11 bits per heavy atom. The molecular formula is C14H7Cl2F2N. The molecule has 0 amide bonds. The molecule has 0 aliphatic carbocycles. The van der Waals surface area contributed by atoms with Crippen molar-refractivity contribution in [3.8, 4) is 11.3 Å². The maximum absolute atomic E-state index is 13.2. The fourth-order valence-electron chi connectivity index (χ4n) is 1.99. The molecule has 1 nitrogen and oxygen atoms in total. The van der Waals surface area contributed by atoms with Crippen LogP contribution < -0.4 is 0 Å². The molecule has 0 unspecified atom stereocenters. The van der Waals surface area contributed by atoms with Gasteiger partial charge in [0.15, 0.2) is 0 Å². The van der Waals surface area contributed by atoms with Crippen molar-refractivity contribution in [3.05, 3.63) is 58.1 Å². The molecule has 0 spiro atoms. The van der Waals surface area contributed by atoms with Crippen LogP contribution in [0.3, 0.4) is 0 Å². The van der Waals surface area contributed by atoms with Crippen molar-refractivity contribution in [1.82, 2.24) is 4.98 Å². The average molecular weight is 298 g/mol. The zero-order valence-corrected chi connectivity index (χ0v) is 11.0. The smallest absolute Gasteiger partial charge is 0.126 e. The fourth-order valence-corrected chi connectivity index (χ4v) is 2.33. The van der Waals surface area contributed by atoms with Crippen LogP contribution in [-0.2, 0) is 0 Å². The van der Waals surface area contributed by atoms with E-state index in [0.717, 1.165) is 17.0 Å². The molecule has 3 rings (SSSR count). The molecular weight excluding hydrogens is 291 g/mol. The first kappa shape index (κ1) is 12.5. The predicted molar refractivity (Wildman–Crippen MR) is 73.7 cm³/mol. The Kier molecular flexibility index (Phi) is 2.96. The molecule has 0 aliphatic rings. The molecule has 1 aromatic heterocycles. The first-order chi connectivity index (χ1) is 9.02. The van der Waals surface area contributed by atoms with E-state index in [9.17, 15) is 8.78 Å². The average Bonchev–Trinajstić information content (AvgIpc) is 2.71. The van der Waals surface area contributed by atoms with Gasteiger partial charge >= 0.3 is 0 Å². The standard InChI is InChI=1S/C14H7Cl2F2N/c15-11-3-8-4-13(19-14(8)6-12(11)16)7-1-9(17)5-10(18)2-7/h1-6,19H. The van der Waals surface area contributed by atoms with Gasteiger partial charge < -0.3 is 4.98 Å². The summed E-state index contributed by atoms with van der Waals surface area (Å²) in [4.78, 5) is 3.06. The molecule has 0 bridgehead atoms. The molecule has 1 heterocycles. The molecule has 1 N–H and O–H groups in total. The highest BCUT2D eigenvalue weighted by Crippen LogP contribution is 2.31. The minimum Gasteiger partial charge on any atom is -0.354 e. The topological polar surface area (TPSA) is 15.8 Å². The minimum absolute atomic E-state index is 0.424. The number of fused-ring (bicyclic) bond motifs is 1. The van der Waals surface area contributed by atoms with Gasteiger partial charge in [-0.15, -0.1) is 0 Å². The minimum atomic E-state index is -0.621.